The summed E-state index contributed by atoms with van der Waals surface area (Å²) < 4.78 is 5.41. The van der Waals surface area contributed by atoms with Gasteiger partial charge in [0.05, 0.1) is 25.8 Å². The van der Waals surface area contributed by atoms with Crippen molar-refractivity contribution in [2.45, 2.75) is 39.3 Å². The van der Waals surface area contributed by atoms with E-state index in [9.17, 15) is 9.59 Å². The topological polar surface area (TPSA) is 61.9 Å². The predicted molar refractivity (Wildman–Crippen MR) is 77.4 cm³/mol. The van der Waals surface area contributed by atoms with Gasteiger partial charge in [0.25, 0.3) is 0 Å². The Kier molecular flexibility index (Phi) is 5.95. The molecule has 20 heavy (non-hydrogen) atoms. The molecule has 1 fully saturated rings. The zero-order chi connectivity index (χ0) is 15.3. The molecule has 0 aromatic carbocycles. The van der Waals surface area contributed by atoms with Crippen molar-refractivity contribution in [3.63, 3.8) is 0 Å². The Balaban J connectivity index is 2.36. The number of nitrogens with zero attached hydrogens (tertiary/aromatic N) is 2. The number of hydrogen-bond donors (Lipinski definition) is 1. The molecule has 1 rings (SSSR count). The monoisotopic (exact) mass is 285 g/mol. The lowest BCUT2D eigenvalue weighted by Gasteiger charge is -2.32. The Hall–Kier alpha value is -1.14. The summed E-state index contributed by atoms with van der Waals surface area (Å²) in [6.45, 7) is 10.1. The molecule has 0 aliphatic carbocycles. The lowest BCUT2D eigenvalue weighted by Crippen LogP contribution is -2.50. The Morgan fingerprint density at radius 1 is 1.35 bits per heavy atom. The summed E-state index contributed by atoms with van der Waals surface area (Å²) in [7, 11) is 1.78. The summed E-state index contributed by atoms with van der Waals surface area (Å²) in [5.41, 5.74) is -0.248. The van der Waals surface area contributed by atoms with E-state index in [1.807, 2.05) is 27.7 Å². The van der Waals surface area contributed by atoms with Gasteiger partial charge in [0, 0.05) is 18.6 Å². The summed E-state index contributed by atoms with van der Waals surface area (Å²) in [4.78, 5) is 27.4. The molecule has 1 unspecified atom stereocenters. The van der Waals surface area contributed by atoms with Gasteiger partial charge in [-0.1, -0.05) is 0 Å². The van der Waals surface area contributed by atoms with Gasteiger partial charge >= 0.3 is 0 Å². The molecule has 116 valence electrons. The van der Waals surface area contributed by atoms with Crippen molar-refractivity contribution < 1.29 is 14.3 Å². The molecule has 0 aromatic heterocycles. The third-order valence-electron chi connectivity index (χ3n) is 2.93. The molecule has 1 heterocycles. The minimum atomic E-state index is -0.248. The van der Waals surface area contributed by atoms with Crippen LogP contribution in [0.15, 0.2) is 0 Å². The summed E-state index contributed by atoms with van der Waals surface area (Å²) in [5.74, 6) is -0.0191. The number of carbonyl (C=O) groups excluding carboxylic acids is 2. The van der Waals surface area contributed by atoms with Gasteiger partial charge < -0.3 is 15.0 Å². The number of rotatable bonds is 4. The molecular weight excluding hydrogens is 258 g/mol. The molecule has 0 saturated carbocycles. The van der Waals surface area contributed by atoms with Gasteiger partial charge in [-0.2, -0.15) is 0 Å². The van der Waals surface area contributed by atoms with Gasteiger partial charge in [0.15, 0.2) is 0 Å². The molecule has 1 atom stereocenters. The van der Waals surface area contributed by atoms with E-state index >= 15 is 0 Å². The van der Waals surface area contributed by atoms with Crippen LogP contribution in [0, 0.1) is 0 Å². The highest BCUT2D eigenvalue weighted by Crippen LogP contribution is 2.05. The highest BCUT2D eigenvalue weighted by molar-refractivity contribution is 5.81. The zero-order valence-corrected chi connectivity index (χ0v) is 13.2. The zero-order valence-electron chi connectivity index (χ0n) is 13.2. The normalized spacial score (nSPS) is 20.1. The third kappa shape index (κ3) is 6.34. The summed E-state index contributed by atoms with van der Waals surface area (Å²) >= 11 is 0. The Morgan fingerprint density at radius 3 is 2.55 bits per heavy atom. The van der Waals surface area contributed by atoms with Crippen molar-refractivity contribution in [2.75, 3.05) is 39.8 Å². The van der Waals surface area contributed by atoms with Gasteiger partial charge in [-0.3, -0.25) is 14.5 Å². The van der Waals surface area contributed by atoms with Crippen LogP contribution >= 0.6 is 0 Å². The fourth-order valence-electron chi connectivity index (χ4n) is 2.13. The number of nitrogens with one attached hydrogen (secondary N) is 1. The molecule has 1 saturated heterocycles. The van der Waals surface area contributed by atoms with Crippen LogP contribution in [0.1, 0.15) is 27.7 Å². The van der Waals surface area contributed by atoms with Crippen LogP contribution in [0.3, 0.4) is 0 Å². The van der Waals surface area contributed by atoms with Crippen LogP contribution < -0.4 is 5.32 Å². The summed E-state index contributed by atoms with van der Waals surface area (Å²) in [6.07, 6.45) is 0.0854. The molecule has 6 heteroatoms. The Morgan fingerprint density at radius 2 is 2.00 bits per heavy atom. The van der Waals surface area contributed by atoms with Gasteiger partial charge in [-0.05, 0) is 34.7 Å². The van der Waals surface area contributed by atoms with Crippen LogP contribution in [0.5, 0.6) is 0 Å². The highest BCUT2D eigenvalue weighted by atomic mass is 16.5. The minimum Gasteiger partial charge on any atom is -0.375 e. The second-order valence-corrected chi connectivity index (χ2v) is 6.49. The number of carbonyl (C=O) groups is 2. The van der Waals surface area contributed by atoms with Crippen LogP contribution in [0.2, 0.25) is 0 Å². The number of likely N-dealkylation sites (N-methyl/N-ethyl adjacent to an activating group) is 1. The van der Waals surface area contributed by atoms with E-state index in [1.54, 1.807) is 16.8 Å². The first-order chi connectivity index (χ1) is 9.17. The average Bonchev–Trinajstić information content (AvgIpc) is 2.25. The van der Waals surface area contributed by atoms with E-state index in [-0.39, 0.29) is 36.5 Å². The Bertz CT molecular complexity index is 352. The molecule has 1 aliphatic rings. The maximum Gasteiger partial charge on any atom is 0.236 e. The first-order valence-corrected chi connectivity index (χ1v) is 7.06. The smallest absolute Gasteiger partial charge is 0.236 e. The first kappa shape index (κ1) is 16.9. The predicted octanol–water partition coefficient (Wildman–Crippen LogP) is 0.0802. The standard InChI is InChI=1S/C14H27N3O3/c1-11-8-17(6-7-20-11)13(19)10-16(5)9-12(18)15-14(2,3)4/h11H,6-10H2,1-5H3,(H,15,18). The van der Waals surface area contributed by atoms with Crippen LogP contribution in [-0.4, -0.2) is 73.1 Å². The van der Waals surface area contributed by atoms with Gasteiger partial charge in [0.1, 0.15) is 0 Å². The van der Waals surface area contributed by atoms with E-state index in [1.165, 1.54) is 0 Å². The van der Waals surface area contributed by atoms with E-state index in [4.69, 9.17) is 4.74 Å². The number of ether oxygens (including phenoxy) is 1. The van der Waals surface area contributed by atoms with Crippen molar-refractivity contribution in [1.29, 1.82) is 0 Å². The number of amides is 2. The minimum absolute atomic E-state index is 0.0474. The molecule has 0 spiro atoms. The van der Waals surface area contributed by atoms with Crippen LogP contribution in [0.4, 0.5) is 0 Å². The van der Waals surface area contributed by atoms with E-state index < -0.39 is 0 Å². The van der Waals surface area contributed by atoms with Gasteiger partial charge in [0.2, 0.25) is 11.8 Å². The molecular formula is C14H27N3O3. The number of morpholine rings is 1. The maximum atomic E-state index is 12.1. The molecule has 0 aromatic rings. The highest BCUT2D eigenvalue weighted by Gasteiger charge is 2.23. The van der Waals surface area contributed by atoms with E-state index in [2.05, 4.69) is 5.32 Å². The fourth-order valence-corrected chi connectivity index (χ4v) is 2.13. The summed E-state index contributed by atoms with van der Waals surface area (Å²) in [6, 6.07) is 0. The van der Waals surface area contributed by atoms with Crippen molar-refractivity contribution in [3.8, 4) is 0 Å². The second-order valence-electron chi connectivity index (χ2n) is 6.49. The van der Waals surface area contributed by atoms with Crippen molar-refractivity contribution in [3.05, 3.63) is 0 Å². The lowest BCUT2D eigenvalue weighted by molar-refractivity contribution is -0.139. The quantitative estimate of drug-likeness (QED) is 0.794. The lowest BCUT2D eigenvalue weighted by atomic mass is 10.1. The van der Waals surface area contributed by atoms with E-state index in [0.29, 0.717) is 19.7 Å². The van der Waals surface area contributed by atoms with Gasteiger partial charge in [-0.15, -0.1) is 0 Å². The number of hydrogen-bond acceptors (Lipinski definition) is 4. The largest absolute Gasteiger partial charge is 0.375 e. The van der Waals surface area contributed by atoms with Gasteiger partial charge in [-0.25, -0.2) is 0 Å². The molecule has 0 bridgehead atoms. The molecule has 1 aliphatic heterocycles. The fraction of sp³-hybridized carbons (Fsp3) is 0.857. The molecule has 2 amide bonds. The maximum absolute atomic E-state index is 12.1. The molecule has 1 N–H and O–H groups in total. The molecule has 0 radical (unpaired) electrons. The molecule has 6 nitrogen and oxygen atoms in total. The van der Waals surface area contributed by atoms with Crippen molar-refractivity contribution in [1.82, 2.24) is 15.1 Å². The first-order valence-electron chi connectivity index (χ1n) is 7.06. The third-order valence-corrected chi connectivity index (χ3v) is 2.93. The van der Waals surface area contributed by atoms with Crippen LogP contribution in [-0.2, 0) is 14.3 Å². The van der Waals surface area contributed by atoms with E-state index in [0.717, 1.165) is 0 Å². The van der Waals surface area contributed by atoms with Crippen LogP contribution in [0.25, 0.3) is 0 Å². The van der Waals surface area contributed by atoms with Crippen molar-refractivity contribution >= 4 is 11.8 Å². The average molecular weight is 285 g/mol. The Labute approximate surface area is 121 Å². The summed E-state index contributed by atoms with van der Waals surface area (Å²) in [5, 5.41) is 2.88. The second kappa shape index (κ2) is 7.04. The van der Waals surface area contributed by atoms with Crippen molar-refractivity contribution in [2.24, 2.45) is 0 Å². The SMILES string of the molecule is CC1CN(C(=O)CN(C)CC(=O)NC(C)(C)C)CCO1.